The zero-order chi connectivity index (χ0) is 22.0. The lowest BCUT2D eigenvalue weighted by Crippen LogP contribution is -2.62. The van der Waals surface area contributed by atoms with Crippen LogP contribution in [0.5, 0.6) is 11.5 Å². The van der Waals surface area contributed by atoms with Crippen molar-refractivity contribution in [2.24, 2.45) is 17.8 Å². The van der Waals surface area contributed by atoms with E-state index in [1.54, 1.807) is 6.07 Å². The molecule has 3 amide bonds. The number of ether oxygens (including phenoxy) is 3. The maximum Gasteiger partial charge on any atom is 0.338 e. The molecule has 0 spiro atoms. The number of carbonyl (C=O) groups excluding carboxylic acids is 3. The minimum atomic E-state index is -0.682. The average Bonchev–Trinajstić information content (AvgIpc) is 2.71. The number of amides is 3. The molecule has 31 heavy (non-hydrogen) atoms. The highest BCUT2D eigenvalue weighted by Gasteiger charge is 2.51. The first-order valence-corrected chi connectivity index (χ1v) is 11.0. The molecular weight excluding hydrogens is 400 g/mol. The first-order valence-electron chi connectivity index (χ1n) is 11.0. The lowest BCUT2D eigenvalue weighted by molar-refractivity contribution is -0.123. The molecule has 1 aromatic rings. The van der Waals surface area contributed by atoms with Crippen LogP contribution >= 0.6 is 0 Å². The first kappa shape index (κ1) is 21.5. The minimum absolute atomic E-state index is 0.186. The Morgan fingerprint density at radius 1 is 1.03 bits per heavy atom. The number of methoxy groups -OCH3 is 1. The predicted molar refractivity (Wildman–Crippen MR) is 112 cm³/mol. The van der Waals surface area contributed by atoms with E-state index in [-0.39, 0.29) is 11.1 Å². The van der Waals surface area contributed by atoms with Gasteiger partial charge < -0.3 is 19.5 Å². The van der Waals surface area contributed by atoms with Crippen LogP contribution in [0.3, 0.4) is 0 Å². The van der Waals surface area contributed by atoms with E-state index in [4.69, 9.17) is 14.2 Å². The molecule has 0 atom stereocenters. The maximum absolute atomic E-state index is 12.4. The lowest BCUT2D eigenvalue weighted by Gasteiger charge is -2.56. The van der Waals surface area contributed by atoms with E-state index in [0.717, 1.165) is 19.3 Å². The summed E-state index contributed by atoms with van der Waals surface area (Å²) in [5.41, 5.74) is 0.0420. The number of esters is 1. The van der Waals surface area contributed by atoms with Crippen molar-refractivity contribution in [2.45, 2.75) is 51.0 Å². The number of nitrogens with one attached hydrogen (secondary N) is 2. The third kappa shape index (κ3) is 4.78. The van der Waals surface area contributed by atoms with Crippen molar-refractivity contribution in [1.29, 1.82) is 0 Å². The topological polar surface area (TPSA) is 103 Å². The van der Waals surface area contributed by atoms with Gasteiger partial charge in [-0.15, -0.1) is 0 Å². The highest BCUT2D eigenvalue weighted by atomic mass is 16.5. The fraction of sp³-hybridized carbons (Fsp3) is 0.609. The van der Waals surface area contributed by atoms with Crippen LogP contribution in [0.4, 0.5) is 4.79 Å². The number of hydrogen-bond donors (Lipinski definition) is 2. The zero-order valence-electron chi connectivity index (χ0n) is 18.1. The van der Waals surface area contributed by atoms with Crippen LogP contribution in [-0.4, -0.2) is 43.8 Å². The molecule has 2 N–H and O–H groups in total. The normalized spacial score (nSPS) is 28.0. The molecule has 0 aliphatic heterocycles. The first-order chi connectivity index (χ1) is 14.9. The van der Waals surface area contributed by atoms with Crippen molar-refractivity contribution in [3.05, 3.63) is 23.8 Å². The van der Waals surface area contributed by atoms with Gasteiger partial charge in [0.25, 0.3) is 5.91 Å². The largest absolute Gasteiger partial charge is 0.493 e. The van der Waals surface area contributed by atoms with Crippen molar-refractivity contribution in [1.82, 2.24) is 10.6 Å². The molecule has 4 bridgehead atoms. The summed E-state index contributed by atoms with van der Waals surface area (Å²) in [5.74, 6) is 1.64. The van der Waals surface area contributed by atoms with Gasteiger partial charge in [0.15, 0.2) is 18.1 Å². The minimum Gasteiger partial charge on any atom is -0.493 e. The van der Waals surface area contributed by atoms with Crippen molar-refractivity contribution in [3.8, 4) is 11.5 Å². The van der Waals surface area contributed by atoms with Crippen molar-refractivity contribution in [2.75, 3.05) is 20.3 Å². The van der Waals surface area contributed by atoms with E-state index in [2.05, 4.69) is 10.6 Å². The van der Waals surface area contributed by atoms with E-state index in [9.17, 15) is 14.4 Å². The molecule has 1 aromatic carbocycles. The van der Waals surface area contributed by atoms with Gasteiger partial charge in [0.2, 0.25) is 0 Å². The number of benzene rings is 1. The lowest BCUT2D eigenvalue weighted by atomic mass is 9.53. The molecule has 8 nitrogen and oxygen atoms in total. The molecule has 4 aliphatic rings. The Balaban J connectivity index is 1.26. The molecule has 0 unspecified atom stereocenters. The number of rotatable bonds is 7. The highest BCUT2D eigenvalue weighted by molar-refractivity contribution is 5.97. The van der Waals surface area contributed by atoms with Gasteiger partial charge in [-0.25, -0.2) is 9.59 Å². The Morgan fingerprint density at radius 2 is 1.68 bits per heavy atom. The molecular formula is C23H30N2O6. The van der Waals surface area contributed by atoms with E-state index in [1.807, 2.05) is 6.92 Å². The standard InChI is InChI=1S/C23H30N2O6/c1-3-30-18-5-4-17(9-19(18)29-2)21(27)31-13-20(26)24-22(28)25-23-10-14-6-15(11-23)8-16(7-14)12-23/h4-5,9,14-16H,3,6-8,10-13H2,1-2H3,(H2,24,25,26,28). The predicted octanol–water partition coefficient (Wildman–Crippen LogP) is 3.05. The van der Waals surface area contributed by atoms with Gasteiger partial charge in [-0.1, -0.05) is 0 Å². The van der Waals surface area contributed by atoms with Gasteiger partial charge in [0.1, 0.15) is 0 Å². The third-order valence-electron chi connectivity index (χ3n) is 6.70. The molecule has 168 valence electrons. The van der Waals surface area contributed by atoms with Crippen LogP contribution in [0.15, 0.2) is 18.2 Å². The van der Waals surface area contributed by atoms with Gasteiger partial charge in [-0.05, 0) is 81.4 Å². The van der Waals surface area contributed by atoms with Crippen LogP contribution < -0.4 is 20.1 Å². The monoisotopic (exact) mass is 430 g/mol. The maximum atomic E-state index is 12.4. The Morgan fingerprint density at radius 3 is 2.26 bits per heavy atom. The molecule has 0 saturated heterocycles. The molecule has 0 aromatic heterocycles. The van der Waals surface area contributed by atoms with Gasteiger partial charge in [-0.3, -0.25) is 10.1 Å². The van der Waals surface area contributed by atoms with Crippen LogP contribution in [0, 0.1) is 17.8 Å². The summed E-state index contributed by atoms with van der Waals surface area (Å²) in [7, 11) is 1.48. The van der Waals surface area contributed by atoms with Gasteiger partial charge in [-0.2, -0.15) is 0 Å². The number of hydrogen-bond acceptors (Lipinski definition) is 6. The van der Waals surface area contributed by atoms with Crippen LogP contribution in [0.25, 0.3) is 0 Å². The van der Waals surface area contributed by atoms with Gasteiger partial charge in [0.05, 0.1) is 19.3 Å². The summed E-state index contributed by atoms with van der Waals surface area (Å²) >= 11 is 0. The van der Waals surface area contributed by atoms with E-state index < -0.39 is 24.5 Å². The Hall–Kier alpha value is -2.77. The molecule has 4 fully saturated rings. The Labute approximate surface area is 182 Å². The van der Waals surface area contributed by atoms with Crippen LogP contribution in [-0.2, 0) is 9.53 Å². The summed E-state index contributed by atoms with van der Waals surface area (Å²) in [6, 6.07) is 4.13. The Kier molecular flexibility index (Phi) is 6.07. The SMILES string of the molecule is CCOc1ccc(C(=O)OCC(=O)NC(=O)NC23CC4CC(CC(C4)C2)C3)cc1OC. The third-order valence-corrected chi connectivity index (χ3v) is 6.70. The van der Waals surface area contributed by atoms with E-state index in [0.29, 0.717) is 35.9 Å². The number of urea groups is 1. The molecule has 4 aliphatic carbocycles. The van der Waals surface area contributed by atoms with E-state index in [1.165, 1.54) is 38.5 Å². The molecule has 5 rings (SSSR count). The van der Waals surface area contributed by atoms with Crippen LogP contribution in [0.1, 0.15) is 55.8 Å². The molecule has 4 saturated carbocycles. The second-order valence-electron chi connectivity index (χ2n) is 9.07. The number of imide groups is 1. The second kappa shape index (κ2) is 8.77. The van der Waals surface area contributed by atoms with Crippen molar-refractivity contribution in [3.63, 3.8) is 0 Å². The molecule has 0 radical (unpaired) electrons. The smallest absolute Gasteiger partial charge is 0.338 e. The van der Waals surface area contributed by atoms with Crippen molar-refractivity contribution >= 4 is 17.9 Å². The summed E-state index contributed by atoms with van der Waals surface area (Å²) in [6.45, 7) is 1.77. The summed E-state index contributed by atoms with van der Waals surface area (Å²) in [4.78, 5) is 36.8. The second-order valence-corrected chi connectivity index (χ2v) is 9.07. The van der Waals surface area contributed by atoms with E-state index >= 15 is 0 Å². The summed E-state index contributed by atoms with van der Waals surface area (Å²) in [5, 5.41) is 5.37. The molecule has 8 heteroatoms. The van der Waals surface area contributed by atoms with Crippen molar-refractivity contribution < 1.29 is 28.6 Å². The fourth-order valence-corrected chi connectivity index (χ4v) is 5.98. The summed E-state index contributed by atoms with van der Waals surface area (Å²) in [6.07, 6.45) is 6.80. The number of carbonyl (C=O) groups is 3. The van der Waals surface area contributed by atoms with Gasteiger partial charge in [0, 0.05) is 5.54 Å². The quantitative estimate of drug-likeness (QED) is 0.645. The molecule has 0 heterocycles. The van der Waals surface area contributed by atoms with Gasteiger partial charge >= 0.3 is 12.0 Å². The van der Waals surface area contributed by atoms with Crippen LogP contribution in [0.2, 0.25) is 0 Å². The average molecular weight is 431 g/mol. The fourth-order valence-electron chi connectivity index (χ4n) is 5.98. The Bertz CT molecular complexity index is 832. The zero-order valence-corrected chi connectivity index (χ0v) is 18.1. The summed E-state index contributed by atoms with van der Waals surface area (Å²) < 4.78 is 15.7. The highest BCUT2D eigenvalue weighted by Crippen LogP contribution is 2.55.